The molecule has 1 heterocycles. The van der Waals surface area contributed by atoms with Crippen LogP contribution in [0.25, 0.3) is 0 Å². The van der Waals surface area contributed by atoms with Crippen molar-refractivity contribution in [1.82, 2.24) is 4.90 Å². The lowest BCUT2D eigenvalue weighted by molar-refractivity contribution is 0.0302. The fraction of sp³-hybridized carbons (Fsp3) is 0.263. The Hall–Kier alpha value is -2.71. The molecule has 2 aromatic rings. The van der Waals surface area contributed by atoms with Gasteiger partial charge in [0.1, 0.15) is 0 Å². The van der Waals surface area contributed by atoms with Crippen molar-refractivity contribution in [1.29, 1.82) is 0 Å². The largest absolute Gasteiger partial charge is 0.378 e. The van der Waals surface area contributed by atoms with Gasteiger partial charge in [0.25, 0.3) is 15.9 Å². The van der Waals surface area contributed by atoms with Crippen LogP contribution < -0.4 is 4.72 Å². The van der Waals surface area contributed by atoms with Gasteiger partial charge >= 0.3 is 0 Å². The normalized spacial score (nSPS) is 14.6. The van der Waals surface area contributed by atoms with E-state index in [-0.39, 0.29) is 22.3 Å². The zero-order valence-electron chi connectivity index (χ0n) is 14.8. The van der Waals surface area contributed by atoms with Crippen LogP contribution >= 0.6 is 0 Å². The average Bonchev–Trinajstić information content (AvgIpc) is 2.68. The van der Waals surface area contributed by atoms with Crippen LogP contribution in [0.4, 0.5) is 5.69 Å². The van der Waals surface area contributed by atoms with Crippen LogP contribution in [-0.4, -0.2) is 51.3 Å². The first kappa shape index (κ1) is 19.1. The highest BCUT2D eigenvalue weighted by Gasteiger charge is 2.21. The van der Waals surface area contributed by atoms with Gasteiger partial charge in [0.2, 0.25) is 0 Å². The van der Waals surface area contributed by atoms with Crippen molar-refractivity contribution in [3.8, 4) is 0 Å². The molecule has 3 rings (SSSR count). The van der Waals surface area contributed by atoms with Gasteiger partial charge in [-0.1, -0.05) is 18.2 Å². The van der Waals surface area contributed by atoms with Crippen molar-refractivity contribution >= 4 is 27.4 Å². The average molecular weight is 388 g/mol. The van der Waals surface area contributed by atoms with Gasteiger partial charge in [-0.25, -0.2) is 8.42 Å². The fourth-order valence-electron chi connectivity index (χ4n) is 2.76. The smallest absolute Gasteiger partial charge is 0.261 e. The number of carbonyl (C=O) groups excluding carboxylic acids is 2. The van der Waals surface area contributed by atoms with Crippen molar-refractivity contribution in [2.75, 3.05) is 31.0 Å². The van der Waals surface area contributed by atoms with Crippen LogP contribution in [0.1, 0.15) is 27.6 Å². The maximum absolute atomic E-state index is 12.7. The van der Waals surface area contributed by atoms with Gasteiger partial charge in [-0.2, -0.15) is 0 Å². The summed E-state index contributed by atoms with van der Waals surface area (Å²) in [5, 5.41) is 0. The van der Waals surface area contributed by atoms with Gasteiger partial charge in [-0.05, 0) is 37.3 Å². The third kappa shape index (κ3) is 4.53. The van der Waals surface area contributed by atoms with Gasteiger partial charge in [0.15, 0.2) is 5.78 Å². The monoisotopic (exact) mass is 388 g/mol. The molecule has 0 spiro atoms. The number of anilines is 1. The van der Waals surface area contributed by atoms with Crippen LogP contribution in [0.3, 0.4) is 0 Å². The van der Waals surface area contributed by atoms with E-state index < -0.39 is 10.0 Å². The van der Waals surface area contributed by atoms with Crippen LogP contribution in [0.2, 0.25) is 0 Å². The molecule has 2 aromatic carbocycles. The molecule has 7 nitrogen and oxygen atoms in total. The maximum atomic E-state index is 12.7. The maximum Gasteiger partial charge on any atom is 0.261 e. The Morgan fingerprint density at radius 1 is 1.00 bits per heavy atom. The second-order valence-electron chi connectivity index (χ2n) is 6.17. The van der Waals surface area contributed by atoms with Crippen LogP contribution in [-0.2, 0) is 14.8 Å². The quantitative estimate of drug-likeness (QED) is 0.793. The third-order valence-electron chi connectivity index (χ3n) is 4.21. The third-order valence-corrected chi connectivity index (χ3v) is 5.59. The lowest BCUT2D eigenvalue weighted by Gasteiger charge is -2.27. The van der Waals surface area contributed by atoms with Gasteiger partial charge in [0.05, 0.1) is 18.1 Å². The Kier molecular flexibility index (Phi) is 5.57. The zero-order chi connectivity index (χ0) is 19.4. The molecule has 8 heteroatoms. The number of hydrogen-bond acceptors (Lipinski definition) is 5. The summed E-state index contributed by atoms with van der Waals surface area (Å²) in [4.78, 5) is 25.7. The fourth-order valence-corrected chi connectivity index (χ4v) is 3.86. The van der Waals surface area contributed by atoms with Crippen molar-refractivity contribution in [3.63, 3.8) is 0 Å². The number of amides is 1. The Balaban J connectivity index is 1.83. The Bertz CT molecular complexity index is 966. The minimum atomic E-state index is -3.90. The molecule has 1 amide bonds. The second kappa shape index (κ2) is 7.89. The summed E-state index contributed by atoms with van der Waals surface area (Å²) in [6.07, 6.45) is 0. The number of rotatable bonds is 5. The zero-order valence-corrected chi connectivity index (χ0v) is 15.7. The SMILES string of the molecule is CC(=O)c1cccc(NS(=O)(=O)c2cccc(C(=O)N3CCOCC3)c2)c1. The van der Waals surface area contributed by atoms with Crippen LogP contribution in [0.5, 0.6) is 0 Å². The van der Waals surface area contributed by atoms with E-state index >= 15 is 0 Å². The second-order valence-corrected chi connectivity index (χ2v) is 7.86. The first-order chi connectivity index (χ1) is 12.9. The van der Waals surface area contributed by atoms with E-state index in [1.54, 1.807) is 29.2 Å². The molecule has 142 valence electrons. The number of nitrogens with zero attached hydrogens (tertiary/aromatic N) is 1. The van der Waals surface area contributed by atoms with Gasteiger partial charge in [-0.3, -0.25) is 14.3 Å². The molecule has 0 saturated carbocycles. The minimum Gasteiger partial charge on any atom is -0.378 e. The molecule has 27 heavy (non-hydrogen) atoms. The predicted molar refractivity (Wildman–Crippen MR) is 100 cm³/mol. The number of morpholine rings is 1. The predicted octanol–water partition coefficient (Wildman–Crippen LogP) is 2.16. The summed E-state index contributed by atoms with van der Waals surface area (Å²) in [6.45, 7) is 3.31. The molecule has 0 radical (unpaired) electrons. The standard InChI is InChI=1S/C19H20N2O5S/c1-14(22)15-4-2-6-17(12-15)20-27(24,25)18-7-3-5-16(13-18)19(23)21-8-10-26-11-9-21/h2-7,12-13,20H,8-11H2,1H3. The molecule has 0 bridgehead atoms. The molecule has 1 fully saturated rings. The molecule has 0 aromatic heterocycles. The number of nitrogens with one attached hydrogen (secondary N) is 1. The Labute approximate surface area is 158 Å². The van der Waals surface area contributed by atoms with E-state index in [0.717, 1.165) is 0 Å². The molecule has 1 aliphatic rings. The highest BCUT2D eigenvalue weighted by atomic mass is 32.2. The Morgan fingerprint density at radius 3 is 2.37 bits per heavy atom. The summed E-state index contributed by atoms with van der Waals surface area (Å²) in [6, 6.07) is 12.2. The van der Waals surface area contributed by atoms with Gasteiger partial charge in [0, 0.05) is 29.9 Å². The van der Waals surface area contributed by atoms with E-state index in [9.17, 15) is 18.0 Å². The van der Waals surface area contributed by atoms with Gasteiger partial charge < -0.3 is 9.64 Å². The van der Waals surface area contributed by atoms with Crippen molar-refractivity contribution in [3.05, 3.63) is 59.7 Å². The van der Waals surface area contributed by atoms with Crippen LogP contribution in [0.15, 0.2) is 53.4 Å². The summed E-state index contributed by atoms with van der Waals surface area (Å²) in [5.41, 5.74) is 0.997. The van der Waals surface area contributed by atoms with E-state index in [1.807, 2.05) is 0 Å². The molecule has 0 aliphatic carbocycles. The minimum absolute atomic E-state index is 0.0187. The molecule has 0 atom stereocenters. The number of Topliss-reactive ketones (excluding diaryl/α,β-unsaturated/α-hetero) is 1. The van der Waals surface area contributed by atoms with E-state index in [4.69, 9.17) is 4.74 Å². The lowest BCUT2D eigenvalue weighted by atomic mass is 10.1. The number of carbonyl (C=O) groups is 2. The number of benzene rings is 2. The van der Waals surface area contributed by atoms with Crippen molar-refractivity contribution in [2.24, 2.45) is 0 Å². The summed E-state index contributed by atoms with van der Waals surface area (Å²) in [7, 11) is -3.90. The van der Waals surface area contributed by atoms with E-state index in [2.05, 4.69) is 4.72 Å². The summed E-state index contributed by atoms with van der Waals surface area (Å²) < 4.78 is 33.1. The number of ketones is 1. The molecular formula is C19H20N2O5S. The van der Waals surface area contributed by atoms with Crippen molar-refractivity contribution in [2.45, 2.75) is 11.8 Å². The molecule has 1 N–H and O–H groups in total. The highest BCUT2D eigenvalue weighted by molar-refractivity contribution is 7.92. The molecule has 1 saturated heterocycles. The number of ether oxygens (including phenoxy) is 1. The Morgan fingerprint density at radius 2 is 1.67 bits per heavy atom. The molecular weight excluding hydrogens is 368 g/mol. The number of hydrogen-bond donors (Lipinski definition) is 1. The number of sulfonamides is 1. The van der Waals surface area contributed by atoms with Crippen molar-refractivity contribution < 1.29 is 22.7 Å². The van der Waals surface area contributed by atoms with E-state index in [0.29, 0.717) is 37.4 Å². The topological polar surface area (TPSA) is 92.8 Å². The van der Waals surface area contributed by atoms with E-state index in [1.165, 1.54) is 31.2 Å². The summed E-state index contributed by atoms with van der Waals surface area (Å²) >= 11 is 0. The summed E-state index contributed by atoms with van der Waals surface area (Å²) in [5.74, 6) is -0.386. The highest BCUT2D eigenvalue weighted by Crippen LogP contribution is 2.19. The van der Waals surface area contributed by atoms with Gasteiger partial charge in [-0.15, -0.1) is 0 Å². The first-order valence-corrected chi connectivity index (χ1v) is 9.96. The van der Waals surface area contributed by atoms with Crippen LogP contribution in [0, 0.1) is 0 Å². The lowest BCUT2D eigenvalue weighted by Crippen LogP contribution is -2.40. The molecule has 1 aliphatic heterocycles. The molecule has 0 unspecified atom stereocenters. The first-order valence-electron chi connectivity index (χ1n) is 8.48.